The highest BCUT2D eigenvalue weighted by Crippen LogP contribution is 2.22. The van der Waals surface area contributed by atoms with Gasteiger partial charge in [-0.1, -0.05) is 118 Å². The molecule has 0 spiro atoms. The van der Waals surface area contributed by atoms with Crippen LogP contribution in [0.2, 0.25) is 10.0 Å². The molecule has 0 saturated carbocycles. The molecule has 4 aromatic carbocycles. The standard InChI is InChI=1S/C24H27ClFN5O3.C15H21ClFNO.C10H9N3O3/c1-14(2)15(3)30(12-20(32)28-11-16-7-6-9-18(25)22(16)26)21(33)13-31-19-10-5-4-8-17(19)23(29-31)24(27)34;1-10(2)11(3)7-8-14(19)18-9-12-5-4-6-13(16)15(12)17;11-10(16)9-6-3-1-2-4-7(6)13(12-9)5-8(14)15/h4-10,14-15H,11-13H2,1-3H3,(H2,27,34)(H,28,32);4-6,10-11H,7-9H2,1-3H3,(H,18,19);1-4H,5H2,(H2,11,16)(H,14,15). The number of amides is 5. The van der Waals surface area contributed by atoms with Gasteiger partial charge >= 0.3 is 5.97 Å². The summed E-state index contributed by atoms with van der Waals surface area (Å²) in [5, 5.41) is 23.4. The van der Waals surface area contributed by atoms with Crippen LogP contribution in [0.15, 0.2) is 84.9 Å². The van der Waals surface area contributed by atoms with Crippen LogP contribution < -0.4 is 22.1 Å². The van der Waals surface area contributed by atoms with Crippen molar-refractivity contribution in [1.82, 2.24) is 35.1 Å². The number of rotatable bonds is 18. The Morgan fingerprint density at radius 2 is 1.10 bits per heavy atom. The van der Waals surface area contributed by atoms with Gasteiger partial charge in [-0.3, -0.25) is 38.1 Å². The van der Waals surface area contributed by atoms with Crippen molar-refractivity contribution < 1.29 is 42.7 Å². The second-order valence-corrected chi connectivity index (χ2v) is 17.7. The molecule has 7 N–H and O–H groups in total. The lowest BCUT2D eigenvalue weighted by Crippen LogP contribution is -2.48. The molecule has 16 nitrogen and oxygen atoms in total. The number of nitrogens with one attached hydrogen (secondary N) is 2. The van der Waals surface area contributed by atoms with Crippen LogP contribution in [-0.4, -0.2) is 77.7 Å². The Hall–Kier alpha value is -6.92. The van der Waals surface area contributed by atoms with Crippen molar-refractivity contribution in [2.24, 2.45) is 29.2 Å². The topological polar surface area (TPSA) is 238 Å². The van der Waals surface area contributed by atoms with Crippen LogP contribution in [0.4, 0.5) is 8.78 Å². The van der Waals surface area contributed by atoms with Crippen LogP contribution in [0.5, 0.6) is 0 Å². The Morgan fingerprint density at radius 3 is 1.54 bits per heavy atom. The first kappa shape index (κ1) is 54.7. The number of nitrogens with zero attached hydrogens (tertiary/aromatic N) is 5. The molecule has 6 aromatic rings. The first-order chi connectivity index (χ1) is 32.6. The van der Waals surface area contributed by atoms with E-state index in [2.05, 4.69) is 41.6 Å². The third-order valence-electron chi connectivity index (χ3n) is 11.4. The number of carboxylic acid groups (broad SMARTS) is 1. The van der Waals surface area contributed by atoms with Crippen molar-refractivity contribution in [3.8, 4) is 0 Å². The lowest BCUT2D eigenvalue weighted by Gasteiger charge is -2.31. The molecule has 0 aliphatic heterocycles. The molecule has 20 heteroatoms. The number of carbonyl (C=O) groups excluding carboxylic acids is 5. The minimum Gasteiger partial charge on any atom is -0.480 e. The van der Waals surface area contributed by atoms with Gasteiger partial charge in [0.1, 0.15) is 24.7 Å². The van der Waals surface area contributed by atoms with Gasteiger partial charge in [-0.25, -0.2) is 8.78 Å². The van der Waals surface area contributed by atoms with Crippen LogP contribution in [0.25, 0.3) is 21.8 Å². The SMILES string of the molecule is CC(C)C(C)CCC(=O)NCc1cccc(Cl)c1F.CC(C)C(C)N(CC(=O)NCc1cccc(Cl)c1F)C(=O)Cn1nc(C(N)=O)c2ccccc21.NC(=O)c1nn(CC(=O)O)c2ccccc12. The van der Waals surface area contributed by atoms with Gasteiger partial charge < -0.3 is 32.1 Å². The fraction of sp³-hybridized carbons (Fsp3) is 0.347. The van der Waals surface area contributed by atoms with Gasteiger partial charge in [-0.05, 0) is 55.4 Å². The molecule has 0 fully saturated rings. The summed E-state index contributed by atoms with van der Waals surface area (Å²) in [4.78, 5) is 72.6. The number of fused-ring (bicyclic) bond motifs is 2. The molecule has 0 aliphatic carbocycles. The molecule has 2 heterocycles. The maximum atomic E-state index is 14.1. The lowest BCUT2D eigenvalue weighted by atomic mass is 9.93. The number of benzene rings is 4. The normalized spacial score (nSPS) is 11.8. The molecule has 5 amide bonds. The predicted molar refractivity (Wildman–Crippen MR) is 260 cm³/mol. The molecule has 6 rings (SSSR count). The number of aromatic nitrogens is 4. The van der Waals surface area contributed by atoms with E-state index in [1.165, 1.54) is 32.5 Å². The van der Waals surface area contributed by atoms with E-state index < -0.39 is 35.3 Å². The molecule has 0 bridgehead atoms. The maximum absolute atomic E-state index is 14.1. The lowest BCUT2D eigenvalue weighted by molar-refractivity contribution is -0.139. The first-order valence-corrected chi connectivity index (χ1v) is 22.8. The van der Waals surface area contributed by atoms with Crippen molar-refractivity contribution in [3.63, 3.8) is 0 Å². The van der Waals surface area contributed by atoms with E-state index in [4.69, 9.17) is 39.8 Å². The maximum Gasteiger partial charge on any atom is 0.325 e. The number of carbonyl (C=O) groups is 6. The predicted octanol–water partition coefficient (Wildman–Crippen LogP) is 7.50. The van der Waals surface area contributed by atoms with E-state index in [1.807, 2.05) is 20.8 Å². The largest absolute Gasteiger partial charge is 0.480 e. The van der Waals surface area contributed by atoms with E-state index in [9.17, 15) is 37.5 Å². The second-order valence-electron chi connectivity index (χ2n) is 16.9. The summed E-state index contributed by atoms with van der Waals surface area (Å²) in [7, 11) is 0. The van der Waals surface area contributed by atoms with Crippen LogP contribution in [0.1, 0.15) is 86.5 Å². The molecule has 368 valence electrons. The van der Waals surface area contributed by atoms with E-state index in [-0.39, 0.29) is 83.5 Å². The molecule has 2 unspecified atom stereocenters. The number of hydrogen-bond donors (Lipinski definition) is 5. The number of aliphatic carboxylic acids is 1. The summed E-state index contributed by atoms with van der Waals surface area (Å²) < 4.78 is 30.4. The van der Waals surface area contributed by atoms with Gasteiger partial charge in [0.15, 0.2) is 11.4 Å². The number of primary amides is 2. The molecule has 0 radical (unpaired) electrons. The minimum absolute atomic E-state index is 0.0289. The van der Waals surface area contributed by atoms with Crippen LogP contribution in [0, 0.1) is 29.4 Å². The van der Waals surface area contributed by atoms with Gasteiger partial charge in [0.25, 0.3) is 11.8 Å². The Bertz CT molecular complexity index is 2800. The van der Waals surface area contributed by atoms with Gasteiger partial charge in [0.2, 0.25) is 17.7 Å². The van der Waals surface area contributed by atoms with Crippen molar-refractivity contribution in [1.29, 1.82) is 0 Å². The van der Waals surface area contributed by atoms with E-state index in [1.54, 1.807) is 66.7 Å². The van der Waals surface area contributed by atoms with E-state index >= 15 is 0 Å². The van der Waals surface area contributed by atoms with Crippen LogP contribution >= 0.6 is 23.2 Å². The van der Waals surface area contributed by atoms with Crippen molar-refractivity contribution >= 4 is 80.5 Å². The number of halogens is 4. The van der Waals surface area contributed by atoms with Crippen LogP contribution in [0.3, 0.4) is 0 Å². The van der Waals surface area contributed by atoms with Crippen LogP contribution in [-0.2, 0) is 45.4 Å². The molecule has 0 aliphatic rings. The molecule has 2 aromatic heterocycles. The zero-order chi connectivity index (χ0) is 51.1. The van der Waals surface area contributed by atoms with Gasteiger partial charge in [0.05, 0.1) is 27.6 Å². The fourth-order valence-corrected chi connectivity index (χ4v) is 7.16. The number of hydrogen-bond acceptors (Lipinski definition) is 8. The Kier molecular flexibility index (Phi) is 20.2. The third kappa shape index (κ3) is 15.3. The molecule has 0 saturated heterocycles. The number of nitrogens with two attached hydrogens (primary N) is 2. The Balaban J connectivity index is 0.000000249. The molecular formula is C49H57Cl2F2N9O7. The highest BCUT2D eigenvalue weighted by Gasteiger charge is 2.27. The van der Waals surface area contributed by atoms with E-state index in [0.717, 1.165) is 6.42 Å². The van der Waals surface area contributed by atoms with E-state index in [0.29, 0.717) is 45.6 Å². The molecule has 2 atom stereocenters. The average molecular weight is 993 g/mol. The van der Waals surface area contributed by atoms with Crippen molar-refractivity contribution in [3.05, 3.63) is 129 Å². The summed E-state index contributed by atoms with van der Waals surface area (Å²) in [5.41, 5.74) is 12.6. The summed E-state index contributed by atoms with van der Waals surface area (Å²) in [6.45, 7) is 11.6. The summed E-state index contributed by atoms with van der Waals surface area (Å²) in [6.07, 6.45) is 1.32. The highest BCUT2D eigenvalue weighted by molar-refractivity contribution is 6.31. The zero-order valence-corrected chi connectivity index (χ0v) is 40.7. The summed E-state index contributed by atoms with van der Waals surface area (Å²) in [6, 6.07) is 22.9. The number of para-hydroxylation sites is 2. The van der Waals surface area contributed by atoms with Gasteiger partial charge in [-0.15, -0.1) is 0 Å². The fourth-order valence-electron chi connectivity index (χ4n) is 6.77. The Labute approximate surface area is 408 Å². The van der Waals surface area contributed by atoms with Gasteiger partial charge in [0, 0.05) is 47.5 Å². The third-order valence-corrected chi connectivity index (χ3v) is 12.0. The first-order valence-electron chi connectivity index (χ1n) is 22.0. The monoisotopic (exact) mass is 991 g/mol. The van der Waals surface area contributed by atoms with Crippen molar-refractivity contribution in [2.75, 3.05) is 6.54 Å². The van der Waals surface area contributed by atoms with Crippen molar-refractivity contribution in [2.45, 2.75) is 86.6 Å². The number of carboxylic acids is 1. The summed E-state index contributed by atoms with van der Waals surface area (Å²) in [5.74, 6) is -3.13. The average Bonchev–Trinajstić information content (AvgIpc) is 3.86. The second kappa shape index (κ2) is 25.4. The smallest absolute Gasteiger partial charge is 0.325 e. The minimum atomic E-state index is -1.02. The molecule has 69 heavy (non-hydrogen) atoms. The Morgan fingerprint density at radius 1 is 0.652 bits per heavy atom. The van der Waals surface area contributed by atoms with Gasteiger partial charge in [-0.2, -0.15) is 10.2 Å². The molecular weight excluding hydrogens is 935 g/mol. The highest BCUT2D eigenvalue weighted by atomic mass is 35.5. The zero-order valence-electron chi connectivity index (χ0n) is 39.1. The quantitative estimate of drug-likeness (QED) is 0.0572. The summed E-state index contributed by atoms with van der Waals surface area (Å²) >= 11 is 11.5.